The van der Waals surface area contributed by atoms with E-state index in [0.29, 0.717) is 5.69 Å². The molecule has 0 aromatic heterocycles. The molecule has 0 saturated heterocycles. The average molecular weight is 418 g/mol. The molecule has 0 aliphatic carbocycles. The summed E-state index contributed by atoms with van der Waals surface area (Å²) in [6.45, 7) is 3.56. The molecule has 2 rings (SSSR count). The Morgan fingerprint density at radius 1 is 1.21 bits per heavy atom. The molecular weight excluding hydrogens is 396 g/mol. The SMILES string of the molecule is CC(C)c1ccc(N(CC(=O)N/N=C\c2ccccc2[N+](=O)[O-])S(C)(=O)=O)cc1. The fourth-order valence-corrected chi connectivity index (χ4v) is 3.38. The molecule has 1 N–H and O–H groups in total. The van der Waals surface area contributed by atoms with Gasteiger partial charge in [0.15, 0.2) is 0 Å². The summed E-state index contributed by atoms with van der Waals surface area (Å²) in [7, 11) is -3.71. The predicted octanol–water partition coefficient (Wildman–Crippen LogP) is 2.63. The second kappa shape index (κ2) is 9.28. The number of nitro benzene ring substituents is 1. The molecule has 0 unspecified atom stereocenters. The first-order chi connectivity index (χ1) is 13.6. The first-order valence-corrected chi connectivity index (χ1v) is 10.6. The van der Waals surface area contributed by atoms with Crippen LogP contribution in [0.4, 0.5) is 11.4 Å². The maximum Gasteiger partial charge on any atom is 0.278 e. The molecule has 0 radical (unpaired) electrons. The number of nitrogens with one attached hydrogen (secondary N) is 1. The zero-order valence-electron chi connectivity index (χ0n) is 16.3. The number of benzene rings is 2. The number of anilines is 1. The van der Waals surface area contributed by atoms with Gasteiger partial charge in [-0.05, 0) is 29.7 Å². The van der Waals surface area contributed by atoms with Crippen LogP contribution in [0.3, 0.4) is 0 Å². The fourth-order valence-electron chi connectivity index (χ4n) is 2.53. The Balaban J connectivity index is 2.12. The third-order valence-corrected chi connectivity index (χ3v) is 5.20. The molecule has 0 heterocycles. The lowest BCUT2D eigenvalue weighted by Crippen LogP contribution is -2.39. The van der Waals surface area contributed by atoms with Gasteiger partial charge in [0.2, 0.25) is 10.0 Å². The monoisotopic (exact) mass is 418 g/mol. The number of nitro groups is 1. The molecule has 0 aliphatic rings. The van der Waals surface area contributed by atoms with Gasteiger partial charge in [-0.2, -0.15) is 5.10 Å². The summed E-state index contributed by atoms with van der Waals surface area (Å²) in [6, 6.07) is 12.8. The Kier molecular flexibility index (Phi) is 7.05. The maximum atomic E-state index is 12.2. The van der Waals surface area contributed by atoms with E-state index in [2.05, 4.69) is 10.5 Å². The van der Waals surface area contributed by atoms with Crippen molar-refractivity contribution in [2.24, 2.45) is 5.10 Å². The van der Waals surface area contributed by atoms with E-state index in [0.717, 1.165) is 22.3 Å². The normalized spacial score (nSPS) is 11.6. The fraction of sp³-hybridized carbons (Fsp3) is 0.263. The van der Waals surface area contributed by atoms with Gasteiger partial charge in [-0.1, -0.05) is 38.1 Å². The Morgan fingerprint density at radius 2 is 1.83 bits per heavy atom. The quantitative estimate of drug-likeness (QED) is 0.401. The number of carbonyl (C=O) groups excluding carboxylic acids is 1. The van der Waals surface area contributed by atoms with Gasteiger partial charge in [0, 0.05) is 6.07 Å². The Hall–Kier alpha value is -3.27. The highest BCUT2D eigenvalue weighted by atomic mass is 32.2. The molecule has 2 aromatic carbocycles. The predicted molar refractivity (Wildman–Crippen MR) is 112 cm³/mol. The smallest absolute Gasteiger partial charge is 0.271 e. The first kappa shape index (κ1) is 22.0. The van der Waals surface area contributed by atoms with Crippen LogP contribution in [0.5, 0.6) is 0 Å². The molecule has 10 heteroatoms. The van der Waals surface area contributed by atoms with Gasteiger partial charge in [-0.3, -0.25) is 19.2 Å². The van der Waals surface area contributed by atoms with Crippen LogP contribution in [0.2, 0.25) is 0 Å². The molecule has 0 atom stereocenters. The molecule has 0 bridgehead atoms. The van der Waals surface area contributed by atoms with Gasteiger partial charge in [-0.15, -0.1) is 0 Å². The van der Waals surface area contributed by atoms with Gasteiger partial charge < -0.3 is 0 Å². The minimum atomic E-state index is -3.71. The summed E-state index contributed by atoms with van der Waals surface area (Å²) in [5, 5.41) is 14.7. The van der Waals surface area contributed by atoms with E-state index in [1.807, 2.05) is 26.0 Å². The largest absolute Gasteiger partial charge is 0.278 e. The molecule has 9 nitrogen and oxygen atoms in total. The van der Waals surface area contributed by atoms with Crippen molar-refractivity contribution in [3.63, 3.8) is 0 Å². The third kappa shape index (κ3) is 6.11. The van der Waals surface area contributed by atoms with Crippen molar-refractivity contribution in [2.45, 2.75) is 19.8 Å². The zero-order chi connectivity index (χ0) is 21.6. The van der Waals surface area contributed by atoms with E-state index in [1.54, 1.807) is 18.2 Å². The lowest BCUT2D eigenvalue weighted by atomic mass is 10.0. The van der Waals surface area contributed by atoms with Crippen molar-refractivity contribution in [1.29, 1.82) is 0 Å². The van der Waals surface area contributed by atoms with Gasteiger partial charge in [0.05, 0.1) is 28.6 Å². The number of hydrazone groups is 1. The van der Waals surface area contributed by atoms with Crippen molar-refractivity contribution in [3.8, 4) is 0 Å². The maximum absolute atomic E-state index is 12.2. The van der Waals surface area contributed by atoms with Crippen molar-refractivity contribution in [1.82, 2.24) is 5.43 Å². The van der Waals surface area contributed by atoms with Gasteiger partial charge >= 0.3 is 0 Å². The number of hydrogen-bond acceptors (Lipinski definition) is 6. The minimum Gasteiger partial charge on any atom is -0.271 e. The second-order valence-electron chi connectivity index (χ2n) is 6.62. The highest BCUT2D eigenvalue weighted by molar-refractivity contribution is 7.92. The van der Waals surface area contributed by atoms with E-state index < -0.39 is 27.4 Å². The molecule has 0 saturated carbocycles. The number of nitrogens with zero attached hydrogens (tertiary/aromatic N) is 3. The molecule has 154 valence electrons. The van der Waals surface area contributed by atoms with E-state index >= 15 is 0 Å². The van der Waals surface area contributed by atoms with Crippen molar-refractivity contribution >= 4 is 33.5 Å². The number of carbonyl (C=O) groups is 1. The van der Waals surface area contributed by atoms with E-state index in [4.69, 9.17) is 0 Å². The van der Waals surface area contributed by atoms with Crippen molar-refractivity contribution in [2.75, 3.05) is 17.1 Å². The highest BCUT2D eigenvalue weighted by Gasteiger charge is 2.21. The molecule has 1 amide bonds. The van der Waals surface area contributed by atoms with Crippen molar-refractivity contribution < 1.29 is 18.1 Å². The summed E-state index contributed by atoms with van der Waals surface area (Å²) in [6.07, 6.45) is 2.14. The lowest BCUT2D eigenvalue weighted by Gasteiger charge is -2.21. The van der Waals surface area contributed by atoms with E-state index in [1.165, 1.54) is 18.2 Å². The minimum absolute atomic E-state index is 0.159. The first-order valence-electron chi connectivity index (χ1n) is 8.72. The summed E-state index contributed by atoms with van der Waals surface area (Å²) in [5.41, 5.74) is 3.65. The van der Waals surface area contributed by atoms with Crippen molar-refractivity contribution in [3.05, 3.63) is 69.8 Å². The number of amides is 1. The zero-order valence-corrected chi connectivity index (χ0v) is 17.1. The molecule has 0 spiro atoms. The molecule has 29 heavy (non-hydrogen) atoms. The van der Waals surface area contributed by atoms with Crippen LogP contribution in [0.1, 0.15) is 30.9 Å². The number of rotatable bonds is 8. The van der Waals surface area contributed by atoms with Crippen LogP contribution in [0.15, 0.2) is 53.6 Å². The van der Waals surface area contributed by atoms with Gasteiger partial charge in [-0.25, -0.2) is 13.8 Å². The molecule has 0 aliphatic heterocycles. The van der Waals surface area contributed by atoms with E-state index in [9.17, 15) is 23.3 Å². The summed E-state index contributed by atoms with van der Waals surface area (Å²) in [4.78, 5) is 22.6. The van der Waals surface area contributed by atoms with Crippen LogP contribution in [0, 0.1) is 10.1 Å². The molecular formula is C19H22N4O5S. The van der Waals surface area contributed by atoms with Crippen LogP contribution < -0.4 is 9.73 Å². The Labute approximate surface area is 169 Å². The molecule has 0 fully saturated rings. The van der Waals surface area contributed by atoms with E-state index in [-0.39, 0.29) is 17.2 Å². The number of sulfonamides is 1. The summed E-state index contributed by atoms with van der Waals surface area (Å²) >= 11 is 0. The highest BCUT2D eigenvalue weighted by Crippen LogP contribution is 2.22. The van der Waals surface area contributed by atoms with Crippen LogP contribution >= 0.6 is 0 Å². The summed E-state index contributed by atoms with van der Waals surface area (Å²) in [5.74, 6) is -0.395. The topological polar surface area (TPSA) is 122 Å². The second-order valence-corrected chi connectivity index (χ2v) is 8.53. The number of para-hydroxylation sites is 1. The third-order valence-electron chi connectivity index (χ3n) is 4.06. The Bertz CT molecular complexity index is 1020. The molecule has 2 aromatic rings. The van der Waals surface area contributed by atoms with Crippen LogP contribution in [-0.4, -0.2) is 38.3 Å². The van der Waals surface area contributed by atoms with Crippen LogP contribution in [0.25, 0.3) is 0 Å². The number of hydrogen-bond donors (Lipinski definition) is 1. The average Bonchev–Trinajstić information content (AvgIpc) is 2.65. The van der Waals surface area contributed by atoms with Gasteiger partial charge in [0.25, 0.3) is 11.6 Å². The lowest BCUT2D eigenvalue weighted by molar-refractivity contribution is -0.385. The van der Waals surface area contributed by atoms with Gasteiger partial charge in [0.1, 0.15) is 6.54 Å². The summed E-state index contributed by atoms with van der Waals surface area (Å²) < 4.78 is 25.2. The Morgan fingerprint density at radius 3 is 2.38 bits per heavy atom. The van der Waals surface area contributed by atoms with Crippen LogP contribution in [-0.2, 0) is 14.8 Å². The standard InChI is InChI=1S/C19H22N4O5S/c1-14(2)15-8-10-17(11-9-15)22(29(3,27)28)13-19(24)21-20-12-16-6-4-5-7-18(16)23(25)26/h4-12,14H,13H2,1-3H3,(H,21,24)/b20-12-.